The number of carbonyl (C=O) groups excluding carboxylic acids is 1. The molecule has 0 spiro atoms. The van der Waals surface area contributed by atoms with Crippen molar-refractivity contribution < 1.29 is 14.3 Å². The maximum atomic E-state index is 12.2. The van der Waals surface area contributed by atoms with Crippen LogP contribution in [0.4, 0.5) is 11.5 Å². The summed E-state index contributed by atoms with van der Waals surface area (Å²) < 4.78 is 10.9. The van der Waals surface area contributed by atoms with Crippen LogP contribution in [0.3, 0.4) is 0 Å². The summed E-state index contributed by atoms with van der Waals surface area (Å²) in [7, 11) is 1.75. The Bertz CT molecular complexity index is 673. The number of rotatable bonds is 3. The lowest BCUT2D eigenvalue weighted by molar-refractivity contribution is 0.102. The number of ether oxygens (including phenoxy) is 2. The number of benzene rings is 1. The molecule has 1 aliphatic heterocycles. The second-order valence-corrected chi connectivity index (χ2v) is 4.49. The molecule has 1 aliphatic rings. The SMILES string of the molecule is CNc1cc(C(=O)Nc2ccc3c(c2)OCCO3)ccn1. The fraction of sp³-hybridized carbons (Fsp3) is 0.200. The average Bonchev–Trinajstić information content (AvgIpc) is 2.54. The number of nitrogens with one attached hydrogen (secondary N) is 2. The highest BCUT2D eigenvalue weighted by Gasteiger charge is 2.13. The van der Waals surface area contributed by atoms with Crippen molar-refractivity contribution in [1.29, 1.82) is 0 Å². The van der Waals surface area contributed by atoms with Gasteiger partial charge in [-0.05, 0) is 24.3 Å². The third kappa shape index (κ3) is 2.89. The molecule has 6 nitrogen and oxygen atoms in total. The Morgan fingerprint density at radius 3 is 2.76 bits per heavy atom. The van der Waals surface area contributed by atoms with Crippen molar-refractivity contribution in [2.45, 2.75) is 0 Å². The minimum Gasteiger partial charge on any atom is -0.486 e. The summed E-state index contributed by atoms with van der Waals surface area (Å²) >= 11 is 0. The zero-order chi connectivity index (χ0) is 14.7. The van der Waals surface area contributed by atoms with Crippen LogP contribution in [-0.2, 0) is 0 Å². The molecule has 0 saturated carbocycles. The normalized spacial score (nSPS) is 12.6. The maximum Gasteiger partial charge on any atom is 0.255 e. The summed E-state index contributed by atoms with van der Waals surface area (Å²) in [5, 5.41) is 5.73. The molecule has 108 valence electrons. The fourth-order valence-electron chi connectivity index (χ4n) is 2.03. The van der Waals surface area contributed by atoms with E-state index in [1.54, 1.807) is 43.6 Å². The van der Waals surface area contributed by atoms with Gasteiger partial charge in [-0.1, -0.05) is 0 Å². The minimum absolute atomic E-state index is 0.203. The number of carbonyl (C=O) groups is 1. The van der Waals surface area contributed by atoms with Gasteiger partial charge >= 0.3 is 0 Å². The largest absolute Gasteiger partial charge is 0.486 e. The van der Waals surface area contributed by atoms with Crippen LogP contribution in [0.2, 0.25) is 0 Å². The van der Waals surface area contributed by atoms with Gasteiger partial charge in [0.15, 0.2) is 11.5 Å². The highest BCUT2D eigenvalue weighted by molar-refractivity contribution is 6.04. The lowest BCUT2D eigenvalue weighted by Crippen LogP contribution is -2.16. The Hall–Kier alpha value is -2.76. The molecule has 1 amide bonds. The molecule has 0 atom stereocenters. The third-order valence-electron chi connectivity index (χ3n) is 3.08. The lowest BCUT2D eigenvalue weighted by Gasteiger charge is -2.19. The van der Waals surface area contributed by atoms with Gasteiger partial charge in [-0.15, -0.1) is 0 Å². The summed E-state index contributed by atoms with van der Waals surface area (Å²) in [4.78, 5) is 16.3. The van der Waals surface area contributed by atoms with E-state index >= 15 is 0 Å². The van der Waals surface area contributed by atoms with Crippen LogP contribution in [0, 0.1) is 0 Å². The second kappa shape index (κ2) is 5.70. The number of hydrogen-bond donors (Lipinski definition) is 2. The van der Waals surface area contributed by atoms with E-state index in [0.29, 0.717) is 41.8 Å². The van der Waals surface area contributed by atoms with Crippen molar-refractivity contribution in [2.75, 3.05) is 30.9 Å². The smallest absolute Gasteiger partial charge is 0.255 e. The summed E-state index contributed by atoms with van der Waals surface area (Å²) in [5.41, 5.74) is 1.19. The first-order chi connectivity index (χ1) is 10.3. The number of pyridine rings is 1. The first-order valence-corrected chi connectivity index (χ1v) is 6.61. The first kappa shape index (κ1) is 13.2. The van der Waals surface area contributed by atoms with Crippen molar-refractivity contribution >= 4 is 17.4 Å². The van der Waals surface area contributed by atoms with Gasteiger partial charge in [0, 0.05) is 30.6 Å². The molecular weight excluding hydrogens is 270 g/mol. The van der Waals surface area contributed by atoms with Crippen LogP contribution in [0.5, 0.6) is 11.5 Å². The van der Waals surface area contributed by atoms with Crippen molar-refractivity contribution in [3.05, 3.63) is 42.1 Å². The topological polar surface area (TPSA) is 72.5 Å². The van der Waals surface area contributed by atoms with Gasteiger partial charge in [0.1, 0.15) is 19.0 Å². The molecule has 0 radical (unpaired) electrons. The summed E-state index contributed by atoms with van der Waals surface area (Å²) in [6.07, 6.45) is 1.59. The van der Waals surface area contributed by atoms with Gasteiger partial charge in [-0.2, -0.15) is 0 Å². The molecule has 1 aromatic carbocycles. The van der Waals surface area contributed by atoms with Crippen molar-refractivity contribution in [2.24, 2.45) is 0 Å². The molecule has 3 rings (SSSR count). The van der Waals surface area contributed by atoms with Crippen molar-refractivity contribution in [3.63, 3.8) is 0 Å². The van der Waals surface area contributed by atoms with E-state index in [-0.39, 0.29) is 5.91 Å². The Balaban J connectivity index is 1.78. The third-order valence-corrected chi connectivity index (χ3v) is 3.08. The van der Waals surface area contributed by atoms with Crippen molar-refractivity contribution in [1.82, 2.24) is 4.98 Å². The van der Waals surface area contributed by atoms with Gasteiger partial charge in [-0.25, -0.2) is 4.98 Å². The van der Waals surface area contributed by atoms with Crippen LogP contribution < -0.4 is 20.1 Å². The van der Waals surface area contributed by atoms with Gasteiger partial charge in [0.05, 0.1) is 0 Å². The molecule has 1 aromatic heterocycles. The molecule has 6 heteroatoms. The molecule has 2 N–H and O–H groups in total. The fourth-order valence-corrected chi connectivity index (χ4v) is 2.03. The van der Waals surface area contributed by atoms with E-state index in [9.17, 15) is 4.79 Å². The van der Waals surface area contributed by atoms with Gasteiger partial charge in [-0.3, -0.25) is 4.79 Å². The van der Waals surface area contributed by atoms with E-state index in [2.05, 4.69) is 15.6 Å². The van der Waals surface area contributed by atoms with Crippen LogP contribution in [0.25, 0.3) is 0 Å². The summed E-state index contributed by atoms with van der Waals surface area (Å²) in [5.74, 6) is 1.78. The summed E-state index contributed by atoms with van der Waals surface area (Å²) in [6, 6.07) is 8.68. The predicted octanol–water partition coefficient (Wildman–Crippen LogP) is 2.15. The molecule has 2 heterocycles. The minimum atomic E-state index is -0.203. The van der Waals surface area contributed by atoms with Crippen LogP contribution in [0.1, 0.15) is 10.4 Å². The predicted molar refractivity (Wildman–Crippen MR) is 79.2 cm³/mol. The Morgan fingerprint density at radius 2 is 1.95 bits per heavy atom. The number of fused-ring (bicyclic) bond motifs is 1. The highest BCUT2D eigenvalue weighted by atomic mass is 16.6. The Kier molecular flexibility index (Phi) is 3.59. The van der Waals surface area contributed by atoms with E-state index in [1.807, 2.05) is 0 Å². The van der Waals surface area contributed by atoms with Gasteiger partial charge in [0.2, 0.25) is 0 Å². The summed E-state index contributed by atoms with van der Waals surface area (Å²) in [6.45, 7) is 1.06. The van der Waals surface area contributed by atoms with E-state index in [4.69, 9.17) is 9.47 Å². The number of hydrogen-bond acceptors (Lipinski definition) is 5. The number of anilines is 2. The van der Waals surface area contributed by atoms with Gasteiger partial charge < -0.3 is 20.1 Å². The van der Waals surface area contributed by atoms with E-state index in [0.717, 1.165) is 0 Å². The zero-order valence-electron chi connectivity index (χ0n) is 11.6. The van der Waals surface area contributed by atoms with E-state index in [1.165, 1.54) is 0 Å². The maximum absolute atomic E-state index is 12.2. The second-order valence-electron chi connectivity index (χ2n) is 4.49. The Morgan fingerprint density at radius 1 is 1.14 bits per heavy atom. The van der Waals surface area contributed by atoms with Crippen LogP contribution in [0.15, 0.2) is 36.5 Å². The average molecular weight is 285 g/mol. The van der Waals surface area contributed by atoms with Gasteiger partial charge in [0.25, 0.3) is 5.91 Å². The van der Waals surface area contributed by atoms with Crippen LogP contribution in [-0.4, -0.2) is 31.2 Å². The monoisotopic (exact) mass is 285 g/mol. The molecule has 0 saturated heterocycles. The molecule has 21 heavy (non-hydrogen) atoms. The molecule has 0 fully saturated rings. The van der Waals surface area contributed by atoms with E-state index < -0.39 is 0 Å². The number of amides is 1. The lowest BCUT2D eigenvalue weighted by atomic mass is 10.2. The molecule has 2 aromatic rings. The first-order valence-electron chi connectivity index (χ1n) is 6.61. The molecule has 0 unspecified atom stereocenters. The molecule has 0 bridgehead atoms. The quantitative estimate of drug-likeness (QED) is 0.904. The van der Waals surface area contributed by atoms with Crippen molar-refractivity contribution in [3.8, 4) is 11.5 Å². The number of aromatic nitrogens is 1. The Labute approximate surface area is 122 Å². The molecular formula is C15H15N3O3. The standard InChI is InChI=1S/C15H15N3O3/c1-16-14-8-10(4-5-17-14)15(19)18-11-2-3-12-13(9-11)21-7-6-20-12/h2-5,8-9H,6-7H2,1H3,(H,16,17)(H,18,19). The molecule has 0 aliphatic carbocycles. The van der Waals surface area contributed by atoms with Crippen LogP contribution >= 0.6 is 0 Å². The zero-order valence-corrected chi connectivity index (χ0v) is 11.6. The highest BCUT2D eigenvalue weighted by Crippen LogP contribution is 2.32. The number of nitrogens with zero attached hydrogens (tertiary/aromatic N) is 1.